The van der Waals surface area contributed by atoms with E-state index in [0.717, 1.165) is 24.8 Å². The Labute approximate surface area is 125 Å². The first kappa shape index (κ1) is 14.3. The maximum atomic E-state index is 12.0. The first-order valence-corrected chi connectivity index (χ1v) is 7.58. The molecule has 1 aromatic carbocycles. The second-order valence-corrected chi connectivity index (χ2v) is 5.58. The number of hydrogen-bond acceptors (Lipinski definition) is 3. The Hall–Kier alpha value is -1.65. The van der Waals surface area contributed by atoms with Crippen LogP contribution in [0, 0.1) is 0 Å². The van der Waals surface area contributed by atoms with Crippen LogP contribution in [0.3, 0.4) is 0 Å². The fourth-order valence-electron chi connectivity index (χ4n) is 2.98. The van der Waals surface area contributed by atoms with Gasteiger partial charge in [0.25, 0.3) is 0 Å². The molecular weight excluding hydrogens is 266 g/mol. The van der Waals surface area contributed by atoms with Gasteiger partial charge in [0.1, 0.15) is 0 Å². The summed E-state index contributed by atoms with van der Waals surface area (Å²) in [5.74, 6) is -0.0426. The number of fused-ring (bicyclic) bond motifs is 1. The zero-order valence-electron chi connectivity index (χ0n) is 12.0. The first-order chi connectivity index (χ1) is 10.3. The molecule has 2 aliphatic rings. The van der Waals surface area contributed by atoms with Crippen LogP contribution in [0.2, 0.25) is 0 Å². The zero-order valence-corrected chi connectivity index (χ0v) is 12.0. The van der Waals surface area contributed by atoms with Crippen LogP contribution in [0.15, 0.2) is 36.4 Å². The molecule has 21 heavy (non-hydrogen) atoms. The number of ether oxygens (including phenoxy) is 2. The van der Waals surface area contributed by atoms with Crippen LogP contribution in [-0.2, 0) is 14.3 Å². The average Bonchev–Trinajstić information content (AvgIpc) is 2.54. The molecule has 112 valence electrons. The van der Waals surface area contributed by atoms with E-state index in [4.69, 9.17) is 9.47 Å². The van der Waals surface area contributed by atoms with Gasteiger partial charge >= 0.3 is 0 Å². The van der Waals surface area contributed by atoms with Gasteiger partial charge in [-0.3, -0.25) is 4.79 Å². The smallest absolute Gasteiger partial charge is 0.244 e. The number of hydrogen-bond donors (Lipinski definition) is 1. The minimum absolute atomic E-state index is 0.0426. The molecule has 3 atom stereocenters. The predicted octanol–water partition coefficient (Wildman–Crippen LogP) is 2.15. The van der Waals surface area contributed by atoms with E-state index < -0.39 is 0 Å². The molecule has 4 heteroatoms. The average molecular weight is 287 g/mol. The molecular formula is C17H21NO3. The highest BCUT2D eigenvalue weighted by molar-refractivity contribution is 5.91. The SMILES string of the molecule is O=C(/C=C/c1ccccc1)NC1CCC2OCCOC2C1. The van der Waals surface area contributed by atoms with E-state index >= 15 is 0 Å². The topological polar surface area (TPSA) is 47.6 Å². The summed E-state index contributed by atoms with van der Waals surface area (Å²) in [4.78, 5) is 12.0. The molecule has 0 bridgehead atoms. The summed E-state index contributed by atoms with van der Waals surface area (Å²) in [7, 11) is 0. The highest BCUT2D eigenvalue weighted by atomic mass is 16.6. The maximum absolute atomic E-state index is 12.0. The Morgan fingerprint density at radius 3 is 2.67 bits per heavy atom. The minimum Gasteiger partial charge on any atom is -0.373 e. The molecule has 1 N–H and O–H groups in total. The monoisotopic (exact) mass is 287 g/mol. The molecule has 1 aromatic rings. The summed E-state index contributed by atoms with van der Waals surface area (Å²) in [5, 5.41) is 3.06. The van der Waals surface area contributed by atoms with Crippen molar-refractivity contribution >= 4 is 12.0 Å². The molecule has 2 fully saturated rings. The lowest BCUT2D eigenvalue weighted by Gasteiger charge is -2.38. The second-order valence-electron chi connectivity index (χ2n) is 5.58. The van der Waals surface area contributed by atoms with Crippen LogP contribution >= 0.6 is 0 Å². The largest absolute Gasteiger partial charge is 0.373 e. The Morgan fingerprint density at radius 1 is 1.10 bits per heavy atom. The van der Waals surface area contributed by atoms with Crippen molar-refractivity contribution < 1.29 is 14.3 Å². The van der Waals surface area contributed by atoms with Crippen molar-refractivity contribution in [2.45, 2.75) is 37.5 Å². The molecule has 1 aliphatic heterocycles. The molecule has 0 spiro atoms. The maximum Gasteiger partial charge on any atom is 0.244 e. The Balaban J connectivity index is 1.50. The number of amides is 1. The van der Waals surface area contributed by atoms with Crippen molar-refractivity contribution in [3.8, 4) is 0 Å². The minimum atomic E-state index is -0.0426. The van der Waals surface area contributed by atoms with Crippen LogP contribution < -0.4 is 5.32 Å². The summed E-state index contributed by atoms with van der Waals surface area (Å²) in [6.07, 6.45) is 6.53. The number of benzene rings is 1. The highest BCUT2D eigenvalue weighted by Crippen LogP contribution is 2.26. The van der Waals surface area contributed by atoms with Gasteiger partial charge in [-0.25, -0.2) is 0 Å². The predicted molar refractivity (Wildman–Crippen MR) is 80.7 cm³/mol. The first-order valence-electron chi connectivity index (χ1n) is 7.58. The third-order valence-corrected chi connectivity index (χ3v) is 4.05. The molecule has 0 radical (unpaired) electrons. The van der Waals surface area contributed by atoms with E-state index in [1.807, 2.05) is 36.4 Å². The second kappa shape index (κ2) is 6.87. The summed E-state index contributed by atoms with van der Waals surface area (Å²) < 4.78 is 11.4. The van der Waals surface area contributed by atoms with Crippen LogP contribution in [-0.4, -0.2) is 37.4 Å². The van der Waals surface area contributed by atoms with E-state index in [-0.39, 0.29) is 24.2 Å². The van der Waals surface area contributed by atoms with Gasteiger partial charge in [-0.2, -0.15) is 0 Å². The van der Waals surface area contributed by atoms with Crippen molar-refractivity contribution in [3.05, 3.63) is 42.0 Å². The number of carbonyl (C=O) groups is 1. The quantitative estimate of drug-likeness (QED) is 0.867. The molecule has 1 heterocycles. The third kappa shape index (κ3) is 3.93. The van der Waals surface area contributed by atoms with Crippen molar-refractivity contribution in [2.75, 3.05) is 13.2 Å². The number of nitrogens with one attached hydrogen (secondary N) is 1. The summed E-state index contributed by atoms with van der Waals surface area (Å²) >= 11 is 0. The molecule has 0 aromatic heterocycles. The van der Waals surface area contributed by atoms with Gasteiger partial charge in [-0.1, -0.05) is 30.3 Å². The van der Waals surface area contributed by atoms with Gasteiger partial charge in [-0.15, -0.1) is 0 Å². The summed E-state index contributed by atoms with van der Waals surface area (Å²) in [6.45, 7) is 1.35. The zero-order chi connectivity index (χ0) is 14.5. The number of rotatable bonds is 3. The molecule has 1 amide bonds. The van der Waals surface area contributed by atoms with Gasteiger partial charge in [0, 0.05) is 12.1 Å². The van der Waals surface area contributed by atoms with Crippen LogP contribution in [0.1, 0.15) is 24.8 Å². The van der Waals surface area contributed by atoms with Crippen LogP contribution in [0.25, 0.3) is 6.08 Å². The van der Waals surface area contributed by atoms with Crippen LogP contribution in [0.5, 0.6) is 0 Å². The Morgan fingerprint density at radius 2 is 1.86 bits per heavy atom. The molecule has 1 aliphatic carbocycles. The fourth-order valence-corrected chi connectivity index (χ4v) is 2.98. The van der Waals surface area contributed by atoms with Crippen molar-refractivity contribution in [3.63, 3.8) is 0 Å². The highest BCUT2D eigenvalue weighted by Gasteiger charge is 2.34. The van der Waals surface area contributed by atoms with Gasteiger partial charge in [0.2, 0.25) is 5.91 Å². The summed E-state index contributed by atoms with van der Waals surface area (Å²) in [5.41, 5.74) is 1.03. The molecule has 1 saturated carbocycles. The van der Waals surface area contributed by atoms with E-state index in [9.17, 15) is 4.79 Å². The standard InChI is InChI=1S/C17H21NO3/c19-17(9-6-13-4-2-1-3-5-13)18-14-7-8-15-16(12-14)21-11-10-20-15/h1-6,9,14-16H,7-8,10-12H2,(H,18,19)/b9-6+. The van der Waals surface area contributed by atoms with Gasteiger partial charge in [0.05, 0.1) is 25.4 Å². The van der Waals surface area contributed by atoms with Crippen molar-refractivity contribution in [1.29, 1.82) is 0 Å². The van der Waals surface area contributed by atoms with Gasteiger partial charge in [0.15, 0.2) is 0 Å². The normalized spacial score (nSPS) is 29.0. The van der Waals surface area contributed by atoms with Crippen molar-refractivity contribution in [1.82, 2.24) is 5.32 Å². The van der Waals surface area contributed by atoms with E-state index in [1.165, 1.54) is 0 Å². The van der Waals surface area contributed by atoms with Crippen LogP contribution in [0.4, 0.5) is 0 Å². The van der Waals surface area contributed by atoms with Gasteiger partial charge in [-0.05, 0) is 30.9 Å². The number of carbonyl (C=O) groups excluding carboxylic acids is 1. The molecule has 3 unspecified atom stereocenters. The molecule has 3 rings (SSSR count). The fraction of sp³-hybridized carbons (Fsp3) is 0.471. The third-order valence-electron chi connectivity index (χ3n) is 4.05. The van der Waals surface area contributed by atoms with E-state index in [0.29, 0.717) is 13.2 Å². The van der Waals surface area contributed by atoms with E-state index in [1.54, 1.807) is 6.08 Å². The van der Waals surface area contributed by atoms with E-state index in [2.05, 4.69) is 5.32 Å². The molecule has 1 saturated heterocycles. The Bertz CT molecular complexity index is 500. The van der Waals surface area contributed by atoms with Gasteiger partial charge < -0.3 is 14.8 Å². The lowest BCUT2D eigenvalue weighted by atomic mass is 9.89. The van der Waals surface area contributed by atoms with Crippen molar-refractivity contribution in [2.24, 2.45) is 0 Å². The lowest BCUT2D eigenvalue weighted by molar-refractivity contribution is -0.158. The lowest BCUT2D eigenvalue weighted by Crippen LogP contribution is -2.49. The molecule has 4 nitrogen and oxygen atoms in total. The Kier molecular flexibility index (Phi) is 4.68. The summed E-state index contributed by atoms with van der Waals surface area (Å²) in [6, 6.07) is 10.0.